The standard InChI is InChI=1S/C7H8O.C6H8O3/c1-8-7-5-3-2-4-6-7;1-4(7)3-6(9)5(2)8/h2-6H,1H3;3,9H,1-2H3/b;6-3-. The van der Waals surface area contributed by atoms with Crippen LogP contribution in [0.1, 0.15) is 13.8 Å². The highest BCUT2D eigenvalue weighted by Gasteiger charge is 1.99. The van der Waals surface area contributed by atoms with Crippen LogP contribution in [0.15, 0.2) is 42.2 Å². The number of aliphatic hydroxyl groups is 1. The molecule has 0 unspecified atom stereocenters. The fraction of sp³-hybridized carbons (Fsp3) is 0.231. The van der Waals surface area contributed by atoms with E-state index in [1.54, 1.807) is 7.11 Å². The largest absolute Gasteiger partial charge is 0.504 e. The van der Waals surface area contributed by atoms with Gasteiger partial charge in [-0.05, 0) is 19.1 Å². The number of benzene rings is 1. The van der Waals surface area contributed by atoms with Gasteiger partial charge >= 0.3 is 0 Å². The van der Waals surface area contributed by atoms with E-state index in [-0.39, 0.29) is 5.78 Å². The fourth-order valence-electron chi connectivity index (χ4n) is 0.851. The number of hydrogen-bond acceptors (Lipinski definition) is 4. The minimum absolute atomic E-state index is 0.331. The molecule has 0 fully saturated rings. The van der Waals surface area contributed by atoms with Gasteiger partial charge in [-0.2, -0.15) is 0 Å². The number of para-hydroxylation sites is 1. The number of carbonyl (C=O) groups is 2. The predicted molar refractivity (Wildman–Crippen MR) is 65.1 cm³/mol. The van der Waals surface area contributed by atoms with Crippen LogP contribution in [0.25, 0.3) is 0 Å². The Morgan fingerprint density at radius 1 is 1.18 bits per heavy atom. The molecule has 1 N–H and O–H groups in total. The Bertz CT molecular complexity index is 393. The summed E-state index contributed by atoms with van der Waals surface area (Å²) in [6, 6.07) is 9.68. The lowest BCUT2D eigenvalue weighted by molar-refractivity contribution is -0.117. The van der Waals surface area contributed by atoms with Crippen molar-refractivity contribution in [3.05, 3.63) is 42.2 Å². The summed E-state index contributed by atoms with van der Waals surface area (Å²) in [5.41, 5.74) is 0. The zero-order valence-electron chi connectivity index (χ0n) is 10.1. The molecule has 0 spiro atoms. The van der Waals surface area contributed by atoms with Crippen molar-refractivity contribution in [3.63, 3.8) is 0 Å². The Balaban J connectivity index is 0.000000302. The van der Waals surface area contributed by atoms with Crippen molar-refractivity contribution in [1.82, 2.24) is 0 Å². The Kier molecular flexibility index (Phi) is 7.10. The quantitative estimate of drug-likeness (QED) is 0.646. The lowest BCUT2D eigenvalue weighted by atomic mass is 10.3. The number of allylic oxidation sites excluding steroid dienone is 2. The molecule has 0 radical (unpaired) electrons. The van der Waals surface area contributed by atoms with Gasteiger partial charge in [0.2, 0.25) is 0 Å². The zero-order valence-corrected chi connectivity index (χ0v) is 10.1. The highest BCUT2D eigenvalue weighted by molar-refractivity contribution is 5.98. The van der Waals surface area contributed by atoms with E-state index in [0.717, 1.165) is 11.8 Å². The molecule has 92 valence electrons. The first-order chi connectivity index (χ1) is 7.97. The van der Waals surface area contributed by atoms with E-state index in [1.807, 2.05) is 30.3 Å². The van der Waals surface area contributed by atoms with Gasteiger partial charge in [0, 0.05) is 13.0 Å². The zero-order chi connectivity index (χ0) is 13.3. The maximum absolute atomic E-state index is 10.2. The summed E-state index contributed by atoms with van der Waals surface area (Å²) in [5.74, 6) is -0.400. The summed E-state index contributed by atoms with van der Waals surface area (Å²) in [6.45, 7) is 2.45. The van der Waals surface area contributed by atoms with Crippen LogP contribution in [0.5, 0.6) is 5.75 Å². The van der Waals surface area contributed by atoms with Crippen LogP contribution in [0.4, 0.5) is 0 Å². The molecule has 0 aromatic heterocycles. The first-order valence-electron chi connectivity index (χ1n) is 4.98. The van der Waals surface area contributed by atoms with Crippen LogP contribution >= 0.6 is 0 Å². The minimum Gasteiger partial charge on any atom is -0.504 e. The third-order valence-electron chi connectivity index (χ3n) is 1.68. The second kappa shape index (κ2) is 8.10. The van der Waals surface area contributed by atoms with E-state index < -0.39 is 11.5 Å². The summed E-state index contributed by atoms with van der Waals surface area (Å²) in [7, 11) is 1.66. The SMILES string of the molecule is CC(=O)/C=C(\O)C(C)=O.COc1ccccc1. The van der Waals surface area contributed by atoms with Crippen molar-refractivity contribution in [2.45, 2.75) is 13.8 Å². The van der Waals surface area contributed by atoms with E-state index >= 15 is 0 Å². The molecule has 0 aliphatic heterocycles. The number of Topliss-reactive ketones (excluding diaryl/α,β-unsaturated/α-hetero) is 1. The molecule has 4 nitrogen and oxygen atoms in total. The van der Waals surface area contributed by atoms with Gasteiger partial charge in [0.05, 0.1) is 7.11 Å². The molecular weight excluding hydrogens is 220 g/mol. The first kappa shape index (κ1) is 14.9. The molecule has 0 saturated heterocycles. The highest BCUT2D eigenvalue weighted by atomic mass is 16.5. The van der Waals surface area contributed by atoms with Gasteiger partial charge in [-0.1, -0.05) is 18.2 Å². The third-order valence-corrected chi connectivity index (χ3v) is 1.68. The predicted octanol–water partition coefficient (Wildman–Crippen LogP) is 2.30. The molecule has 0 aliphatic carbocycles. The van der Waals surface area contributed by atoms with Gasteiger partial charge in [-0.25, -0.2) is 0 Å². The Morgan fingerprint density at radius 2 is 1.71 bits per heavy atom. The number of rotatable bonds is 3. The number of methoxy groups -OCH3 is 1. The molecular formula is C13H16O4. The highest BCUT2D eigenvalue weighted by Crippen LogP contribution is 2.05. The van der Waals surface area contributed by atoms with Crippen molar-refractivity contribution in [2.24, 2.45) is 0 Å². The molecule has 0 atom stereocenters. The molecule has 1 aromatic rings. The molecule has 0 aliphatic rings. The first-order valence-corrected chi connectivity index (χ1v) is 4.98. The third kappa shape index (κ3) is 7.79. The smallest absolute Gasteiger partial charge is 0.194 e. The number of carbonyl (C=O) groups excluding carboxylic acids is 2. The molecule has 0 saturated carbocycles. The van der Waals surface area contributed by atoms with Crippen LogP contribution in [0.2, 0.25) is 0 Å². The summed E-state index contributed by atoms with van der Waals surface area (Å²) in [5, 5.41) is 8.59. The molecule has 0 amide bonds. The Labute approximate surface area is 101 Å². The lowest BCUT2D eigenvalue weighted by Gasteiger charge is -1.93. The number of hydrogen-bond donors (Lipinski definition) is 1. The van der Waals surface area contributed by atoms with Crippen molar-refractivity contribution >= 4 is 11.6 Å². The van der Waals surface area contributed by atoms with Gasteiger partial charge < -0.3 is 9.84 Å². The second-order valence-corrected chi connectivity index (χ2v) is 3.21. The van der Waals surface area contributed by atoms with E-state index in [9.17, 15) is 9.59 Å². The van der Waals surface area contributed by atoms with Gasteiger partial charge in [0.15, 0.2) is 17.3 Å². The van der Waals surface area contributed by atoms with Gasteiger partial charge in [0.1, 0.15) is 5.75 Å². The number of ether oxygens (including phenoxy) is 1. The Morgan fingerprint density at radius 3 is 1.94 bits per heavy atom. The summed E-state index contributed by atoms with van der Waals surface area (Å²) >= 11 is 0. The maximum atomic E-state index is 10.2. The van der Waals surface area contributed by atoms with Crippen LogP contribution in [-0.2, 0) is 9.59 Å². The van der Waals surface area contributed by atoms with Gasteiger partial charge in [0.25, 0.3) is 0 Å². The topological polar surface area (TPSA) is 63.6 Å². The maximum Gasteiger partial charge on any atom is 0.194 e. The van der Waals surface area contributed by atoms with E-state index in [4.69, 9.17) is 9.84 Å². The summed E-state index contributed by atoms with van der Waals surface area (Å²) in [4.78, 5) is 20.4. The Hall–Kier alpha value is -2.10. The van der Waals surface area contributed by atoms with Crippen molar-refractivity contribution < 1.29 is 19.4 Å². The van der Waals surface area contributed by atoms with Crippen molar-refractivity contribution in [3.8, 4) is 5.75 Å². The van der Waals surface area contributed by atoms with Gasteiger partial charge in [-0.3, -0.25) is 9.59 Å². The molecule has 17 heavy (non-hydrogen) atoms. The van der Waals surface area contributed by atoms with Crippen LogP contribution in [-0.4, -0.2) is 23.8 Å². The normalized spacial score (nSPS) is 9.94. The molecule has 4 heteroatoms. The fourth-order valence-corrected chi connectivity index (χ4v) is 0.851. The second-order valence-electron chi connectivity index (χ2n) is 3.21. The van der Waals surface area contributed by atoms with E-state index in [2.05, 4.69) is 0 Å². The molecule has 1 rings (SSSR count). The number of aliphatic hydroxyl groups excluding tert-OH is 1. The average molecular weight is 236 g/mol. The van der Waals surface area contributed by atoms with E-state index in [0.29, 0.717) is 0 Å². The van der Waals surface area contributed by atoms with Crippen LogP contribution in [0, 0.1) is 0 Å². The van der Waals surface area contributed by atoms with Crippen molar-refractivity contribution in [2.75, 3.05) is 7.11 Å². The number of ketones is 2. The van der Waals surface area contributed by atoms with E-state index in [1.165, 1.54) is 13.8 Å². The lowest BCUT2D eigenvalue weighted by Crippen LogP contribution is -1.97. The van der Waals surface area contributed by atoms with Crippen molar-refractivity contribution in [1.29, 1.82) is 0 Å². The average Bonchev–Trinajstić information content (AvgIpc) is 2.30. The van der Waals surface area contributed by atoms with Crippen LogP contribution < -0.4 is 4.74 Å². The monoisotopic (exact) mass is 236 g/mol. The summed E-state index contributed by atoms with van der Waals surface area (Å²) in [6.07, 6.45) is 0.891. The van der Waals surface area contributed by atoms with Gasteiger partial charge in [-0.15, -0.1) is 0 Å². The molecule has 1 aromatic carbocycles. The van der Waals surface area contributed by atoms with Crippen LogP contribution in [0.3, 0.4) is 0 Å². The molecule has 0 heterocycles. The molecule has 0 bridgehead atoms. The summed E-state index contributed by atoms with van der Waals surface area (Å²) < 4.78 is 4.91. The minimum atomic E-state index is -0.495.